The molecule has 2 N–H and O–H groups in total. The summed E-state index contributed by atoms with van der Waals surface area (Å²) in [5.74, 6) is 1.47. The lowest BCUT2D eigenvalue weighted by Crippen LogP contribution is -2.36. The molecular formula is C20H27FIN5. The summed E-state index contributed by atoms with van der Waals surface area (Å²) in [6.45, 7) is 3.19. The highest BCUT2D eigenvalue weighted by molar-refractivity contribution is 14.0. The summed E-state index contributed by atoms with van der Waals surface area (Å²) in [5, 5.41) is 6.42. The van der Waals surface area contributed by atoms with Crippen LogP contribution in [0.25, 0.3) is 0 Å². The fourth-order valence-electron chi connectivity index (χ4n) is 3.09. The predicted molar refractivity (Wildman–Crippen MR) is 119 cm³/mol. The Balaban J connectivity index is 0.00000261. The molecule has 1 aliphatic rings. The van der Waals surface area contributed by atoms with Crippen molar-refractivity contribution in [1.29, 1.82) is 0 Å². The number of hydrogen-bond donors (Lipinski definition) is 2. The van der Waals surface area contributed by atoms with E-state index in [2.05, 4.69) is 31.6 Å². The Morgan fingerprint density at radius 2 is 1.85 bits per heavy atom. The van der Waals surface area contributed by atoms with Crippen LogP contribution in [0.5, 0.6) is 0 Å². The summed E-state index contributed by atoms with van der Waals surface area (Å²) in [6, 6.07) is 10.9. The Morgan fingerprint density at radius 1 is 1.11 bits per heavy atom. The number of aromatic nitrogens is 1. The van der Waals surface area contributed by atoms with Crippen LogP contribution >= 0.6 is 24.0 Å². The van der Waals surface area contributed by atoms with Gasteiger partial charge in [-0.1, -0.05) is 18.2 Å². The molecule has 1 aromatic carbocycles. The molecule has 1 fully saturated rings. The van der Waals surface area contributed by atoms with Gasteiger partial charge < -0.3 is 15.5 Å². The summed E-state index contributed by atoms with van der Waals surface area (Å²) in [7, 11) is 1.71. The molecule has 146 valence electrons. The average molecular weight is 483 g/mol. The number of aliphatic imine (C=N–C) groups is 1. The monoisotopic (exact) mass is 483 g/mol. The number of pyridine rings is 1. The Morgan fingerprint density at radius 3 is 2.59 bits per heavy atom. The van der Waals surface area contributed by atoms with Crippen LogP contribution in [0.2, 0.25) is 0 Å². The first-order valence-corrected chi connectivity index (χ1v) is 9.14. The summed E-state index contributed by atoms with van der Waals surface area (Å²) in [4.78, 5) is 11.1. The lowest BCUT2D eigenvalue weighted by molar-refractivity contribution is 0.573. The molecule has 0 aliphatic carbocycles. The minimum absolute atomic E-state index is 0. The number of rotatable bonds is 5. The first-order chi connectivity index (χ1) is 12.8. The van der Waals surface area contributed by atoms with E-state index in [1.54, 1.807) is 19.2 Å². The fraction of sp³-hybridized carbons (Fsp3) is 0.400. The molecule has 0 saturated carbocycles. The van der Waals surface area contributed by atoms with Crippen molar-refractivity contribution in [3.63, 3.8) is 0 Å². The highest BCUT2D eigenvalue weighted by Gasteiger charge is 2.12. The Labute approximate surface area is 177 Å². The molecule has 0 atom stereocenters. The molecule has 0 radical (unpaired) electrons. The maximum absolute atomic E-state index is 13.7. The summed E-state index contributed by atoms with van der Waals surface area (Å²) >= 11 is 0. The third kappa shape index (κ3) is 6.34. The molecule has 1 aliphatic heterocycles. The SMILES string of the molecule is CN=C(NCc1ccnc(N2CCCCC2)c1)NCc1ccccc1F.I. The number of hydrogen-bond acceptors (Lipinski definition) is 3. The van der Waals surface area contributed by atoms with Crippen molar-refractivity contribution in [3.8, 4) is 0 Å². The van der Waals surface area contributed by atoms with Crippen molar-refractivity contribution in [2.75, 3.05) is 25.0 Å². The lowest BCUT2D eigenvalue weighted by atomic mass is 10.1. The van der Waals surface area contributed by atoms with E-state index in [1.165, 1.54) is 25.3 Å². The molecule has 0 spiro atoms. The topological polar surface area (TPSA) is 52.6 Å². The van der Waals surface area contributed by atoms with E-state index in [0.29, 0.717) is 24.6 Å². The molecule has 27 heavy (non-hydrogen) atoms. The fourth-order valence-corrected chi connectivity index (χ4v) is 3.09. The van der Waals surface area contributed by atoms with Crippen molar-refractivity contribution in [3.05, 3.63) is 59.5 Å². The zero-order valence-corrected chi connectivity index (χ0v) is 17.9. The van der Waals surface area contributed by atoms with Gasteiger partial charge in [-0.25, -0.2) is 9.37 Å². The van der Waals surface area contributed by atoms with Gasteiger partial charge in [0.1, 0.15) is 11.6 Å². The van der Waals surface area contributed by atoms with Gasteiger partial charge in [-0.15, -0.1) is 24.0 Å². The van der Waals surface area contributed by atoms with Crippen molar-refractivity contribution in [2.45, 2.75) is 32.4 Å². The van der Waals surface area contributed by atoms with Gasteiger partial charge >= 0.3 is 0 Å². The predicted octanol–water partition coefficient (Wildman–Crippen LogP) is 3.69. The van der Waals surface area contributed by atoms with Crippen molar-refractivity contribution < 1.29 is 4.39 Å². The highest BCUT2D eigenvalue weighted by atomic mass is 127. The first-order valence-electron chi connectivity index (χ1n) is 9.14. The van der Waals surface area contributed by atoms with Crippen LogP contribution in [0, 0.1) is 5.82 Å². The molecule has 1 saturated heterocycles. The van der Waals surface area contributed by atoms with E-state index in [-0.39, 0.29) is 29.8 Å². The van der Waals surface area contributed by atoms with E-state index in [4.69, 9.17) is 0 Å². The maximum atomic E-state index is 13.7. The molecular weight excluding hydrogens is 456 g/mol. The Hall–Kier alpha value is -1.90. The van der Waals surface area contributed by atoms with E-state index < -0.39 is 0 Å². The molecule has 0 amide bonds. The van der Waals surface area contributed by atoms with E-state index >= 15 is 0 Å². The second-order valence-electron chi connectivity index (χ2n) is 6.44. The molecule has 0 bridgehead atoms. The maximum Gasteiger partial charge on any atom is 0.191 e. The quantitative estimate of drug-likeness (QED) is 0.387. The third-order valence-corrected chi connectivity index (χ3v) is 4.58. The van der Waals surface area contributed by atoms with E-state index in [1.807, 2.05) is 18.3 Å². The van der Waals surface area contributed by atoms with Gasteiger partial charge in [0, 0.05) is 45.0 Å². The van der Waals surface area contributed by atoms with E-state index in [0.717, 1.165) is 24.5 Å². The first kappa shape index (κ1) is 21.4. The summed E-state index contributed by atoms with van der Waals surface area (Å²) in [5.41, 5.74) is 1.76. The lowest BCUT2D eigenvalue weighted by Gasteiger charge is -2.28. The van der Waals surface area contributed by atoms with Gasteiger partial charge in [0.2, 0.25) is 0 Å². The summed E-state index contributed by atoms with van der Waals surface area (Å²) < 4.78 is 13.7. The average Bonchev–Trinajstić information content (AvgIpc) is 2.70. The van der Waals surface area contributed by atoms with Crippen LogP contribution in [0.1, 0.15) is 30.4 Å². The van der Waals surface area contributed by atoms with Crippen molar-refractivity contribution >= 4 is 35.8 Å². The number of nitrogens with zero attached hydrogens (tertiary/aromatic N) is 3. The number of piperidine rings is 1. The number of benzene rings is 1. The van der Waals surface area contributed by atoms with Crippen LogP contribution in [0.15, 0.2) is 47.6 Å². The number of halogens is 2. The zero-order chi connectivity index (χ0) is 18.2. The minimum atomic E-state index is -0.212. The van der Waals surface area contributed by atoms with Crippen molar-refractivity contribution in [2.24, 2.45) is 4.99 Å². The van der Waals surface area contributed by atoms with Gasteiger partial charge in [0.25, 0.3) is 0 Å². The standard InChI is InChI=1S/C20H26FN5.HI/c1-22-20(25-15-17-7-3-4-8-18(17)21)24-14-16-9-10-23-19(13-16)26-11-5-2-6-12-26;/h3-4,7-10,13H,2,5-6,11-12,14-15H2,1H3,(H2,22,24,25);1H. The van der Waals surface area contributed by atoms with Gasteiger partial charge in [0.15, 0.2) is 5.96 Å². The second kappa shape index (κ2) is 11.1. The van der Waals surface area contributed by atoms with Crippen LogP contribution in [0.4, 0.5) is 10.2 Å². The largest absolute Gasteiger partial charge is 0.357 e. The molecule has 2 aromatic rings. The Bertz CT molecular complexity index is 747. The minimum Gasteiger partial charge on any atom is -0.357 e. The molecule has 7 heteroatoms. The van der Waals surface area contributed by atoms with Gasteiger partial charge in [-0.3, -0.25) is 4.99 Å². The summed E-state index contributed by atoms with van der Waals surface area (Å²) in [6.07, 6.45) is 5.63. The number of anilines is 1. The number of nitrogens with one attached hydrogen (secondary N) is 2. The molecule has 5 nitrogen and oxygen atoms in total. The highest BCUT2D eigenvalue weighted by Crippen LogP contribution is 2.18. The molecule has 0 unspecified atom stereocenters. The smallest absolute Gasteiger partial charge is 0.191 e. The number of guanidine groups is 1. The molecule has 3 rings (SSSR count). The van der Waals surface area contributed by atoms with Crippen LogP contribution in [-0.4, -0.2) is 31.1 Å². The van der Waals surface area contributed by atoms with Crippen LogP contribution in [-0.2, 0) is 13.1 Å². The van der Waals surface area contributed by atoms with E-state index in [9.17, 15) is 4.39 Å². The normalized spacial score (nSPS) is 14.4. The van der Waals surface area contributed by atoms with Gasteiger partial charge in [-0.2, -0.15) is 0 Å². The Kier molecular flexibility index (Phi) is 8.77. The third-order valence-electron chi connectivity index (χ3n) is 4.58. The van der Waals surface area contributed by atoms with Crippen LogP contribution < -0.4 is 15.5 Å². The zero-order valence-electron chi connectivity index (χ0n) is 15.6. The second-order valence-corrected chi connectivity index (χ2v) is 6.44. The molecule has 2 heterocycles. The molecule has 1 aromatic heterocycles. The van der Waals surface area contributed by atoms with Crippen molar-refractivity contribution in [1.82, 2.24) is 15.6 Å². The van der Waals surface area contributed by atoms with Crippen LogP contribution in [0.3, 0.4) is 0 Å². The van der Waals surface area contributed by atoms with Gasteiger partial charge in [0.05, 0.1) is 0 Å². The van der Waals surface area contributed by atoms with Gasteiger partial charge in [-0.05, 0) is 43.0 Å².